The van der Waals surface area contributed by atoms with Gasteiger partial charge >= 0.3 is 0 Å². The molecule has 0 radical (unpaired) electrons. The molecule has 0 spiro atoms. The van der Waals surface area contributed by atoms with Crippen molar-refractivity contribution in [3.63, 3.8) is 0 Å². The molecule has 1 fully saturated rings. The molecular weight excluding hydrogens is 378 g/mol. The number of hydrogen-bond acceptors (Lipinski definition) is 4. The second-order valence-electron chi connectivity index (χ2n) is 8.37. The molecule has 29 heavy (non-hydrogen) atoms. The summed E-state index contributed by atoms with van der Waals surface area (Å²) >= 11 is 1.70. The predicted octanol–water partition coefficient (Wildman–Crippen LogP) is 5.62. The van der Waals surface area contributed by atoms with E-state index in [4.69, 9.17) is 4.98 Å². The normalized spacial score (nSPS) is 22.0. The molecule has 4 rings (SSSR count). The fourth-order valence-corrected chi connectivity index (χ4v) is 5.22. The van der Waals surface area contributed by atoms with Crippen molar-refractivity contribution in [1.29, 1.82) is 0 Å². The van der Waals surface area contributed by atoms with Crippen LogP contribution in [0.25, 0.3) is 20.8 Å². The second kappa shape index (κ2) is 8.64. The lowest BCUT2D eigenvalue weighted by Crippen LogP contribution is -2.43. The Kier molecular flexibility index (Phi) is 5.97. The van der Waals surface area contributed by atoms with Crippen LogP contribution in [0.2, 0.25) is 0 Å². The van der Waals surface area contributed by atoms with E-state index < -0.39 is 0 Å². The average molecular weight is 408 g/mol. The highest BCUT2D eigenvalue weighted by molar-refractivity contribution is 7.21. The molecular formula is C24H29N3OS. The van der Waals surface area contributed by atoms with Gasteiger partial charge in [-0.15, -0.1) is 11.3 Å². The Labute approximate surface area is 176 Å². The van der Waals surface area contributed by atoms with Crippen LogP contribution in [0.3, 0.4) is 0 Å². The van der Waals surface area contributed by atoms with E-state index in [1.807, 2.05) is 24.3 Å². The Hall–Kier alpha value is -2.24. The summed E-state index contributed by atoms with van der Waals surface area (Å²) in [6.07, 6.45) is 3.71. The largest absolute Gasteiger partial charge is 0.325 e. The van der Waals surface area contributed by atoms with Crippen LogP contribution in [0.4, 0.5) is 5.69 Å². The van der Waals surface area contributed by atoms with Gasteiger partial charge in [-0.05, 0) is 67.1 Å². The minimum absolute atomic E-state index is 0.0126. The zero-order valence-corrected chi connectivity index (χ0v) is 18.2. The maximum absolute atomic E-state index is 12.4. The standard InChI is InChI=1S/C24H29N3OS/c1-15-7-12-21-22(13-15)29-24(27-21)18-8-10-19(11-9-18)26-23(28)14-25-20-6-4-5-16(2)17(20)3/h7-13,16-17,20,25H,4-6,14H2,1-3H3,(H,26,28)/t16-,17+,20-/m1/s1. The van der Waals surface area contributed by atoms with Gasteiger partial charge in [-0.25, -0.2) is 4.98 Å². The van der Waals surface area contributed by atoms with E-state index in [2.05, 4.69) is 49.6 Å². The fraction of sp³-hybridized carbons (Fsp3) is 0.417. The van der Waals surface area contributed by atoms with Crippen molar-refractivity contribution in [3.05, 3.63) is 48.0 Å². The van der Waals surface area contributed by atoms with Crippen molar-refractivity contribution < 1.29 is 4.79 Å². The molecule has 0 saturated heterocycles. The number of carbonyl (C=O) groups excluding carboxylic acids is 1. The van der Waals surface area contributed by atoms with Crippen molar-refractivity contribution in [3.8, 4) is 10.6 Å². The van der Waals surface area contributed by atoms with E-state index >= 15 is 0 Å². The van der Waals surface area contributed by atoms with Gasteiger partial charge in [0.1, 0.15) is 5.01 Å². The number of carbonyl (C=O) groups is 1. The minimum Gasteiger partial charge on any atom is -0.325 e. The van der Waals surface area contributed by atoms with E-state index in [0.717, 1.165) is 34.1 Å². The van der Waals surface area contributed by atoms with Crippen LogP contribution in [0.5, 0.6) is 0 Å². The molecule has 1 saturated carbocycles. The number of hydrogen-bond donors (Lipinski definition) is 2. The Morgan fingerprint density at radius 1 is 1.14 bits per heavy atom. The van der Waals surface area contributed by atoms with E-state index in [9.17, 15) is 4.79 Å². The van der Waals surface area contributed by atoms with Gasteiger partial charge in [-0.3, -0.25) is 4.79 Å². The lowest BCUT2D eigenvalue weighted by Gasteiger charge is -2.34. The molecule has 0 aliphatic heterocycles. The average Bonchev–Trinajstić information content (AvgIpc) is 3.13. The van der Waals surface area contributed by atoms with Crippen LogP contribution < -0.4 is 10.6 Å². The van der Waals surface area contributed by atoms with E-state index in [1.165, 1.54) is 23.1 Å². The van der Waals surface area contributed by atoms with Gasteiger partial charge in [0.2, 0.25) is 5.91 Å². The predicted molar refractivity (Wildman–Crippen MR) is 122 cm³/mol. The molecule has 0 unspecified atom stereocenters. The van der Waals surface area contributed by atoms with Gasteiger partial charge in [-0.2, -0.15) is 0 Å². The second-order valence-corrected chi connectivity index (χ2v) is 9.40. The number of aromatic nitrogens is 1. The number of fused-ring (bicyclic) bond motifs is 1. The van der Waals surface area contributed by atoms with E-state index in [1.54, 1.807) is 11.3 Å². The van der Waals surface area contributed by atoms with Crippen LogP contribution in [-0.2, 0) is 4.79 Å². The number of nitrogens with zero attached hydrogens (tertiary/aromatic N) is 1. The summed E-state index contributed by atoms with van der Waals surface area (Å²) in [5.74, 6) is 1.36. The van der Waals surface area contributed by atoms with Crippen LogP contribution in [0.1, 0.15) is 38.7 Å². The van der Waals surface area contributed by atoms with E-state index in [0.29, 0.717) is 18.5 Å². The summed E-state index contributed by atoms with van der Waals surface area (Å²) in [5.41, 5.74) is 4.18. The van der Waals surface area contributed by atoms with Gasteiger partial charge in [-0.1, -0.05) is 32.8 Å². The highest BCUT2D eigenvalue weighted by Gasteiger charge is 2.26. The minimum atomic E-state index is 0.0126. The molecule has 2 N–H and O–H groups in total. The smallest absolute Gasteiger partial charge is 0.238 e. The highest BCUT2D eigenvalue weighted by Crippen LogP contribution is 2.31. The maximum Gasteiger partial charge on any atom is 0.238 e. The Morgan fingerprint density at radius 3 is 2.72 bits per heavy atom. The van der Waals surface area contributed by atoms with Gasteiger partial charge in [0.15, 0.2) is 0 Å². The summed E-state index contributed by atoms with van der Waals surface area (Å²) in [7, 11) is 0. The van der Waals surface area contributed by atoms with Gasteiger partial charge < -0.3 is 10.6 Å². The highest BCUT2D eigenvalue weighted by atomic mass is 32.1. The zero-order chi connectivity index (χ0) is 20.4. The van der Waals surface area contributed by atoms with Gasteiger partial charge in [0.25, 0.3) is 0 Å². The molecule has 1 aromatic heterocycles. The van der Waals surface area contributed by atoms with Crippen molar-refractivity contribution >= 4 is 33.1 Å². The van der Waals surface area contributed by atoms with Crippen LogP contribution in [0.15, 0.2) is 42.5 Å². The zero-order valence-electron chi connectivity index (χ0n) is 17.4. The van der Waals surface area contributed by atoms with Crippen LogP contribution in [0, 0.1) is 18.8 Å². The lowest BCUT2D eigenvalue weighted by molar-refractivity contribution is -0.115. The topological polar surface area (TPSA) is 54.0 Å². The number of nitrogens with one attached hydrogen (secondary N) is 2. The SMILES string of the molecule is Cc1ccc2nc(-c3ccc(NC(=O)CN[C@@H]4CCC[C@@H](C)[C@@H]4C)cc3)sc2c1. The number of benzene rings is 2. The van der Waals surface area contributed by atoms with Crippen LogP contribution >= 0.6 is 11.3 Å². The van der Waals surface area contributed by atoms with Crippen LogP contribution in [-0.4, -0.2) is 23.5 Å². The Bertz CT molecular complexity index is 995. The first-order chi connectivity index (χ1) is 14.0. The van der Waals surface area contributed by atoms with Crippen molar-refractivity contribution in [2.45, 2.75) is 46.1 Å². The molecule has 4 nitrogen and oxygen atoms in total. The molecule has 1 heterocycles. The Morgan fingerprint density at radius 2 is 1.93 bits per heavy atom. The fourth-order valence-electron chi connectivity index (χ4n) is 4.15. The molecule has 3 atom stereocenters. The number of anilines is 1. The summed E-state index contributed by atoms with van der Waals surface area (Å²) in [5, 5.41) is 7.47. The summed E-state index contributed by atoms with van der Waals surface area (Å²) in [4.78, 5) is 17.1. The molecule has 2 aromatic carbocycles. The molecule has 1 aliphatic carbocycles. The molecule has 152 valence electrons. The lowest BCUT2D eigenvalue weighted by atomic mass is 9.78. The Balaban J connectivity index is 1.35. The monoisotopic (exact) mass is 407 g/mol. The maximum atomic E-state index is 12.4. The number of amides is 1. The summed E-state index contributed by atoms with van der Waals surface area (Å²) in [6.45, 7) is 7.07. The molecule has 1 amide bonds. The number of aryl methyl sites for hydroxylation is 1. The summed E-state index contributed by atoms with van der Waals surface area (Å²) in [6, 6.07) is 14.7. The third kappa shape index (κ3) is 4.68. The van der Waals surface area contributed by atoms with Crippen molar-refractivity contribution in [2.75, 3.05) is 11.9 Å². The third-order valence-corrected chi connectivity index (χ3v) is 7.26. The number of thiazole rings is 1. The van der Waals surface area contributed by atoms with Gasteiger partial charge in [0.05, 0.1) is 16.8 Å². The molecule has 0 bridgehead atoms. The van der Waals surface area contributed by atoms with E-state index in [-0.39, 0.29) is 5.91 Å². The molecule has 1 aliphatic rings. The van der Waals surface area contributed by atoms with Crippen molar-refractivity contribution in [2.24, 2.45) is 11.8 Å². The first kappa shape index (κ1) is 20.0. The molecule has 5 heteroatoms. The third-order valence-electron chi connectivity index (χ3n) is 6.19. The first-order valence-electron chi connectivity index (χ1n) is 10.5. The van der Waals surface area contributed by atoms with Crippen molar-refractivity contribution in [1.82, 2.24) is 10.3 Å². The van der Waals surface area contributed by atoms with Gasteiger partial charge in [0, 0.05) is 17.3 Å². The summed E-state index contributed by atoms with van der Waals surface area (Å²) < 4.78 is 1.20. The number of rotatable bonds is 5. The molecule has 3 aromatic rings. The first-order valence-corrected chi connectivity index (χ1v) is 11.3. The quantitative estimate of drug-likeness (QED) is 0.577.